The van der Waals surface area contributed by atoms with Crippen molar-refractivity contribution in [3.63, 3.8) is 0 Å². The summed E-state index contributed by atoms with van der Waals surface area (Å²) in [7, 11) is 0. The van der Waals surface area contributed by atoms with Gasteiger partial charge in [-0.1, -0.05) is 54.9 Å². The molecular weight excluding hydrogens is 271 g/mol. The molecule has 0 aromatic rings. The van der Waals surface area contributed by atoms with E-state index >= 15 is 0 Å². The molecule has 1 atom stereocenters. The molecule has 1 radical (unpaired) electrons. The monoisotopic (exact) mass is 281 g/mol. The van der Waals surface area contributed by atoms with E-state index in [0.29, 0.717) is 13.9 Å². The molecule has 0 bridgehead atoms. The Morgan fingerprint density at radius 2 is 1.83 bits per heavy atom. The van der Waals surface area contributed by atoms with E-state index in [1.165, 1.54) is 23.5 Å². The van der Waals surface area contributed by atoms with Crippen molar-refractivity contribution < 1.29 is 17.1 Å². The van der Waals surface area contributed by atoms with E-state index in [9.17, 15) is 0 Å². The van der Waals surface area contributed by atoms with Crippen molar-refractivity contribution >= 4 is 56.6 Å². The van der Waals surface area contributed by atoms with Gasteiger partial charge in [0.25, 0.3) is 0 Å². The van der Waals surface area contributed by atoms with Crippen LogP contribution in [0.4, 0.5) is 0 Å². The number of hydrogen-bond donors (Lipinski definition) is 2. The average molecular weight is 281 g/mol. The topological polar surface area (TPSA) is 52.0 Å². The predicted octanol–water partition coefficient (Wildman–Crippen LogP) is 1.33. The SMILES string of the molecule is CC(CSC(N)=S)SC(N)=S.[Mn]. The summed E-state index contributed by atoms with van der Waals surface area (Å²) in [6, 6.07) is 0. The number of rotatable bonds is 3. The summed E-state index contributed by atoms with van der Waals surface area (Å²) in [5.74, 6) is 0.858. The standard InChI is InChI=1S/C5H10N2S4.Mn/c1-3(11-5(7)9)2-10-4(6)8;/h3H,2H2,1H3,(H2,6,8)(H2,7,9);. The number of thioether (sulfide) groups is 2. The number of thiocarbonyl (C=S) groups is 2. The Kier molecular flexibility index (Phi) is 11.1. The fourth-order valence-electron chi connectivity index (χ4n) is 0.432. The van der Waals surface area contributed by atoms with Crippen molar-refractivity contribution in [3.05, 3.63) is 0 Å². The van der Waals surface area contributed by atoms with Gasteiger partial charge in [-0.2, -0.15) is 0 Å². The Balaban J connectivity index is 0. The van der Waals surface area contributed by atoms with Crippen LogP contribution in [0.3, 0.4) is 0 Å². The second-order valence-corrected chi connectivity index (χ2v) is 5.82. The molecule has 0 aliphatic carbocycles. The fraction of sp³-hybridized carbons (Fsp3) is 0.600. The molecule has 0 spiro atoms. The van der Waals surface area contributed by atoms with Crippen molar-refractivity contribution in [2.75, 3.05) is 5.75 Å². The van der Waals surface area contributed by atoms with Gasteiger partial charge in [0.1, 0.15) is 8.64 Å². The molecule has 4 N–H and O–H groups in total. The molecule has 0 saturated carbocycles. The van der Waals surface area contributed by atoms with Crippen molar-refractivity contribution in [1.82, 2.24) is 0 Å². The zero-order valence-corrected chi connectivity index (χ0v) is 10.9. The zero-order chi connectivity index (χ0) is 8.85. The van der Waals surface area contributed by atoms with Crippen molar-refractivity contribution in [1.29, 1.82) is 0 Å². The molecule has 12 heavy (non-hydrogen) atoms. The Hall–Kier alpha value is 0.999. The second kappa shape index (κ2) is 8.59. The molecule has 0 amide bonds. The first-order chi connectivity index (χ1) is 5.02. The van der Waals surface area contributed by atoms with Crippen LogP contribution in [0.1, 0.15) is 6.92 Å². The summed E-state index contributed by atoms with van der Waals surface area (Å²) in [4.78, 5) is 0. The van der Waals surface area contributed by atoms with Crippen molar-refractivity contribution in [2.45, 2.75) is 12.2 Å². The van der Waals surface area contributed by atoms with Crippen LogP contribution < -0.4 is 11.5 Å². The van der Waals surface area contributed by atoms with Crippen LogP contribution in [-0.2, 0) is 17.1 Å². The molecule has 0 rings (SSSR count). The Morgan fingerprint density at radius 3 is 2.17 bits per heavy atom. The van der Waals surface area contributed by atoms with E-state index in [-0.39, 0.29) is 17.1 Å². The minimum atomic E-state index is 0. The van der Waals surface area contributed by atoms with E-state index in [1.807, 2.05) is 6.92 Å². The van der Waals surface area contributed by atoms with E-state index < -0.39 is 0 Å². The largest absolute Gasteiger partial charge is 0.385 e. The summed E-state index contributed by atoms with van der Waals surface area (Å²) in [5, 5.41) is 0.374. The van der Waals surface area contributed by atoms with Gasteiger partial charge in [0.15, 0.2) is 0 Å². The van der Waals surface area contributed by atoms with Crippen LogP contribution in [0.5, 0.6) is 0 Å². The molecule has 0 aromatic heterocycles. The third kappa shape index (κ3) is 11.0. The summed E-state index contributed by atoms with van der Waals surface area (Å²) in [6.07, 6.45) is 0. The van der Waals surface area contributed by atoms with Crippen molar-refractivity contribution in [2.24, 2.45) is 11.5 Å². The molecule has 71 valence electrons. The normalized spacial score (nSPS) is 11.4. The molecule has 7 heteroatoms. The first-order valence-corrected chi connectivity index (χ1v) is 5.59. The Morgan fingerprint density at radius 1 is 1.33 bits per heavy atom. The first-order valence-electron chi connectivity index (χ1n) is 2.90. The quantitative estimate of drug-likeness (QED) is 0.601. The third-order valence-electron chi connectivity index (χ3n) is 0.778. The summed E-state index contributed by atoms with van der Waals surface area (Å²) in [5.41, 5.74) is 10.6. The molecule has 0 aromatic carbocycles. The summed E-state index contributed by atoms with van der Waals surface area (Å²) >= 11 is 12.3. The fourth-order valence-corrected chi connectivity index (χ4v) is 2.40. The average Bonchev–Trinajstić information content (AvgIpc) is 1.82. The Labute approximate surface area is 102 Å². The van der Waals surface area contributed by atoms with Crippen LogP contribution >= 0.6 is 48.0 Å². The van der Waals surface area contributed by atoms with Gasteiger partial charge in [0.2, 0.25) is 0 Å². The van der Waals surface area contributed by atoms with Crippen molar-refractivity contribution in [3.8, 4) is 0 Å². The summed E-state index contributed by atoms with van der Waals surface area (Å²) in [6.45, 7) is 2.04. The maximum Gasteiger partial charge on any atom is 0.131 e. The molecule has 1 unspecified atom stereocenters. The molecular formula is C5H10MnN2S4. The van der Waals surface area contributed by atoms with Gasteiger partial charge in [-0.15, -0.1) is 0 Å². The van der Waals surface area contributed by atoms with E-state index in [2.05, 4.69) is 0 Å². The number of nitrogens with two attached hydrogens (primary N) is 2. The molecule has 0 aliphatic rings. The molecule has 2 nitrogen and oxygen atoms in total. The van der Waals surface area contributed by atoms with E-state index in [0.717, 1.165) is 5.75 Å². The maximum atomic E-state index is 5.32. The van der Waals surface area contributed by atoms with E-state index in [1.54, 1.807) is 0 Å². The minimum Gasteiger partial charge on any atom is -0.385 e. The van der Waals surface area contributed by atoms with Crippen LogP contribution in [0.2, 0.25) is 0 Å². The minimum absolute atomic E-state index is 0. The number of hydrogen-bond acceptors (Lipinski definition) is 4. The van der Waals surface area contributed by atoms with Gasteiger partial charge in [0, 0.05) is 28.1 Å². The van der Waals surface area contributed by atoms with Gasteiger partial charge >= 0.3 is 0 Å². The predicted molar refractivity (Wildman–Crippen MR) is 63.1 cm³/mol. The van der Waals surface area contributed by atoms with Crippen LogP contribution in [-0.4, -0.2) is 19.6 Å². The smallest absolute Gasteiger partial charge is 0.131 e. The van der Waals surface area contributed by atoms with E-state index in [4.69, 9.17) is 35.9 Å². The van der Waals surface area contributed by atoms with Gasteiger partial charge in [-0.25, -0.2) is 0 Å². The molecule has 0 aliphatic heterocycles. The van der Waals surface area contributed by atoms with Gasteiger partial charge < -0.3 is 11.5 Å². The molecule has 0 heterocycles. The maximum absolute atomic E-state index is 5.32. The van der Waals surface area contributed by atoms with Gasteiger partial charge in [-0.3, -0.25) is 0 Å². The Bertz CT molecular complexity index is 164. The zero-order valence-electron chi connectivity index (χ0n) is 6.45. The first kappa shape index (κ1) is 15.5. The molecule has 0 saturated heterocycles. The third-order valence-corrected chi connectivity index (χ3v) is 3.38. The van der Waals surface area contributed by atoms with Crippen LogP contribution in [0, 0.1) is 0 Å². The van der Waals surface area contributed by atoms with Gasteiger partial charge in [0.05, 0.1) is 0 Å². The summed E-state index contributed by atoms with van der Waals surface area (Å²) < 4.78 is 0.946. The molecule has 0 fully saturated rings. The second-order valence-electron chi connectivity index (χ2n) is 1.88. The van der Waals surface area contributed by atoms with Crippen LogP contribution in [0.25, 0.3) is 0 Å². The van der Waals surface area contributed by atoms with Crippen LogP contribution in [0.15, 0.2) is 0 Å². The van der Waals surface area contributed by atoms with Gasteiger partial charge in [-0.05, 0) is 0 Å².